The van der Waals surface area contributed by atoms with Gasteiger partial charge in [0.2, 0.25) is 0 Å². The zero-order valence-corrected chi connectivity index (χ0v) is 18.1. The summed E-state index contributed by atoms with van der Waals surface area (Å²) in [6.07, 6.45) is 6.04. The molecule has 0 bridgehead atoms. The molecule has 5 rings (SSSR count). The van der Waals surface area contributed by atoms with E-state index in [2.05, 4.69) is 39.5 Å². The molecule has 0 atom stereocenters. The number of hydrogen-bond donors (Lipinski definition) is 0. The van der Waals surface area contributed by atoms with Crippen molar-refractivity contribution in [3.63, 3.8) is 0 Å². The summed E-state index contributed by atoms with van der Waals surface area (Å²) in [6, 6.07) is 18.6. The predicted molar refractivity (Wildman–Crippen MR) is 122 cm³/mol. The number of carbonyl (C=O) groups is 1. The number of amides is 1. The first-order chi connectivity index (χ1) is 15.2. The van der Waals surface area contributed by atoms with Crippen LogP contribution in [0.15, 0.2) is 54.6 Å². The number of piperidine rings is 1. The lowest BCUT2D eigenvalue weighted by Gasteiger charge is -2.29. The highest BCUT2D eigenvalue weighted by Gasteiger charge is 2.35. The number of carbonyl (C=O) groups excluding carboxylic acids is 1. The van der Waals surface area contributed by atoms with Crippen molar-refractivity contribution in [2.45, 2.75) is 44.6 Å². The van der Waals surface area contributed by atoms with Crippen LogP contribution in [-0.2, 0) is 6.54 Å². The van der Waals surface area contributed by atoms with Gasteiger partial charge in [-0.15, -0.1) is 5.10 Å². The van der Waals surface area contributed by atoms with Crippen LogP contribution >= 0.6 is 0 Å². The Morgan fingerprint density at radius 2 is 1.68 bits per heavy atom. The third kappa shape index (κ3) is 4.20. The summed E-state index contributed by atoms with van der Waals surface area (Å²) in [5, 5.41) is 8.64. The van der Waals surface area contributed by atoms with Gasteiger partial charge in [-0.3, -0.25) is 4.79 Å². The molecule has 1 saturated carbocycles. The second-order valence-corrected chi connectivity index (χ2v) is 8.72. The molecular formula is C25H29N5O. The SMILES string of the molecule is CN(Cc1ccc(N2CCCCC2)cc1)C(=O)c1nnn(-c2ccccc2)c1C1CC1. The van der Waals surface area contributed by atoms with Crippen LogP contribution in [0.25, 0.3) is 5.69 Å². The van der Waals surface area contributed by atoms with Crippen molar-refractivity contribution in [2.24, 2.45) is 0 Å². The predicted octanol–water partition coefficient (Wildman–Crippen LogP) is 4.41. The maximum Gasteiger partial charge on any atom is 0.276 e. The van der Waals surface area contributed by atoms with E-state index in [0.29, 0.717) is 18.2 Å². The normalized spacial score (nSPS) is 16.4. The van der Waals surface area contributed by atoms with E-state index in [9.17, 15) is 4.79 Å². The van der Waals surface area contributed by atoms with Crippen molar-refractivity contribution in [3.8, 4) is 5.69 Å². The Balaban J connectivity index is 1.32. The van der Waals surface area contributed by atoms with E-state index in [0.717, 1.165) is 42.9 Å². The quantitative estimate of drug-likeness (QED) is 0.599. The van der Waals surface area contributed by atoms with Crippen molar-refractivity contribution in [1.29, 1.82) is 0 Å². The molecule has 31 heavy (non-hydrogen) atoms. The summed E-state index contributed by atoms with van der Waals surface area (Å²) in [4.78, 5) is 17.5. The number of nitrogens with zero attached hydrogens (tertiary/aromatic N) is 5. The van der Waals surface area contributed by atoms with Gasteiger partial charge in [0, 0.05) is 38.3 Å². The fourth-order valence-corrected chi connectivity index (χ4v) is 4.42. The summed E-state index contributed by atoms with van der Waals surface area (Å²) >= 11 is 0. The third-order valence-corrected chi connectivity index (χ3v) is 6.30. The minimum absolute atomic E-state index is 0.0656. The maximum atomic E-state index is 13.3. The number of rotatable bonds is 6. The van der Waals surface area contributed by atoms with Crippen LogP contribution in [0.2, 0.25) is 0 Å². The first kappa shape index (κ1) is 19.8. The van der Waals surface area contributed by atoms with Crippen LogP contribution < -0.4 is 4.90 Å². The molecule has 1 saturated heterocycles. The first-order valence-electron chi connectivity index (χ1n) is 11.3. The summed E-state index contributed by atoms with van der Waals surface area (Å²) in [5.74, 6) is 0.301. The number of hydrogen-bond acceptors (Lipinski definition) is 4. The van der Waals surface area contributed by atoms with Crippen molar-refractivity contribution in [1.82, 2.24) is 19.9 Å². The van der Waals surface area contributed by atoms with Crippen molar-refractivity contribution in [3.05, 3.63) is 71.5 Å². The van der Waals surface area contributed by atoms with Crippen LogP contribution in [0.1, 0.15) is 59.8 Å². The molecule has 0 N–H and O–H groups in total. The molecule has 2 aliphatic rings. The van der Waals surface area contributed by atoms with Crippen molar-refractivity contribution < 1.29 is 4.79 Å². The van der Waals surface area contributed by atoms with Gasteiger partial charge in [-0.05, 0) is 61.9 Å². The lowest BCUT2D eigenvalue weighted by Crippen LogP contribution is -2.29. The van der Waals surface area contributed by atoms with Gasteiger partial charge in [-0.1, -0.05) is 35.5 Å². The van der Waals surface area contributed by atoms with E-state index in [-0.39, 0.29) is 5.91 Å². The molecule has 1 aliphatic carbocycles. The monoisotopic (exact) mass is 415 g/mol. The van der Waals surface area contributed by atoms with E-state index in [1.807, 2.05) is 42.1 Å². The number of anilines is 1. The largest absolute Gasteiger partial charge is 0.372 e. The van der Waals surface area contributed by atoms with E-state index < -0.39 is 0 Å². The molecule has 6 heteroatoms. The third-order valence-electron chi connectivity index (χ3n) is 6.30. The van der Waals surface area contributed by atoms with Gasteiger partial charge >= 0.3 is 0 Å². The topological polar surface area (TPSA) is 54.3 Å². The van der Waals surface area contributed by atoms with Crippen LogP contribution in [0.4, 0.5) is 5.69 Å². The number of benzene rings is 2. The highest BCUT2D eigenvalue weighted by Crippen LogP contribution is 2.42. The number of aromatic nitrogens is 3. The average Bonchev–Trinajstić information content (AvgIpc) is 3.58. The molecule has 3 aromatic rings. The summed E-state index contributed by atoms with van der Waals surface area (Å²) < 4.78 is 1.84. The highest BCUT2D eigenvalue weighted by atomic mass is 16.2. The number of para-hydroxylation sites is 1. The van der Waals surface area contributed by atoms with Crippen LogP contribution in [-0.4, -0.2) is 45.9 Å². The van der Waals surface area contributed by atoms with Gasteiger partial charge < -0.3 is 9.80 Å². The Morgan fingerprint density at radius 3 is 2.35 bits per heavy atom. The molecule has 1 aliphatic heterocycles. The average molecular weight is 416 g/mol. The molecule has 0 unspecified atom stereocenters. The van der Waals surface area contributed by atoms with E-state index >= 15 is 0 Å². The Labute approximate surface area is 183 Å². The Hall–Kier alpha value is -3.15. The molecule has 160 valence electrons. The van der Waals surface area contributed by atoms with E-state index in [4.69, 9.17) is 0 Å². The van der Waals surface area contributed by atoms with Gasteiger partial charge in [0.25, 0.3) is 5.91 Å². The molecular weight excluding hydrogens is 386 g/mol. The van der Waals surface area contributed by atoms with Crippen LogP contribution in [0.5, 0.6) is 0 Å². The first-order valence-corrected chi connectivity index (χ1v) is 11.3. The smallest absolute Gasteiger partial charge is 0.276 e. The van der Waals surface area contributed by atoms with E-state index in [1.165, 1.54) is 24.9 Å². The zero-order valence-electron chi connectivity index (χ0n) is 18.1. The fraction of sp³-hybridized carbons (Fsp3) is 0.400. The molecule has 0 spiro atoms. The van der Waals surface area contributed by atoms with Gasteiger partial charge in [0.15, 0.2) is 5.69 Å². The van der Waals surface area contributed by atoms with Crippen LogP contribution in [0.3, 0.4) is 0 Å². The fourth-order valence-electron chi connectivity index (χ4n) is 4.42. The lowest BCUT2D eigenvalue weighted by molar-refractivity contribution is 0.0778. The molecule has 2 fully saturated rings. The van der Waals surface area contributed by atoms with Crippen molar-refractivity contribution >= 4 is 11.6 Å². The molecule has 2 heterocycles. The van der Waals surface area contributed by atoms with E-state index in [1.54, 1.807) is 4.90 Å². The molecule has 6 nitrogen and oxygen atoms in total. The Morgan fingerprint density at radius 1 is 0.968 bits per heavy atom. The Kier molecular flexibility index (Phi) is 5.45. The lowest BCUT2D eigenvalue weighted by atomic mass is 10.1. The molecule has 1 amide bonds. The van der Waals surface area contributed by atoms with Gasteiger partial charge in [-0.25, -0.2) is 4.68 Å². The highest BCUT2D eigenvalue weighted by molar-refractivity contribution is 5.93. The minimum Gasteiger partial charge on any atom is -0.372 e. The van der Waals surface area contributed by atoms with Gasteiger partial charge in [-0.2, -0.15) is 0 Å². The molecule has 2 aromatic carbocycles. The second-order valence-electron chi connectivity index (χ2n) is 8.72. The summed E-state index contributed by atoms with van der Waals surface area (Å²) in [6.45, 7) is 2.83. The van der Waals surface area contributed by atoms with Crippen LogP contribution in [0, 0.1) is 0 Å². The standard InChI is InChI=1S/C25H29N5O/c1-28(18-19-10-14-21(15-11-19)29-16-6-3-7-17-29)25(31)23-24(20-12-13-20)30(27-26-23)22-8-4-2-5-9-22/h2,4-5,8-11,14-15,20H,3,6-7,12-13,16-18H2,1H3. The van der Waals surface area contributed by atoms with Gasteiger partial charge in [0.05, 0.1) is 11.4 Å². The van der Waals surface area contributed by atoms with Crippen molar-refractivity contribution in [2.75, 3.05) is 25.0 Å². The summed E-state index contributed by atoms with van der Waals surface area (Å²) in [7, 11) is 1.85. The zero-order chi connectivity index (χ0) is 21.2. The second kappa shape index (κ2) is 8.53. The molecule has 1 aromatic heterocycles. The summed E-state index contributed by atoms with van der Waals surface area (Å²) in [5.41, 5.74) is 4.79. The van der Waals surface area contributed by atoms with Gasteiger partial charge in [0.1, 0.15) is 0 Å². The maximum absolute atomic E-state index is 13.3. The minimum atomic E-state index is -0.0656. The Bertz CT molecular complexity index is 1030. The molecule has 0 radical (unpaired) electrons.